The van der Waals surface area contributed by atoms with Gasteiger partial charge in [0.15, 0.2) is 0 Å². The fourth-order valence-electron chi connectivity index (χ4n) is 12.1. The van der Waals surface area contributed by atoms with E-state index in [2.05, 4.69) is 42.5 Å². The van der Waals surface area contributed by atoms with Gasteiger partial charge >= 0.3 is 0 Å². The van der Waals surface area contributed by atoms with Crippen LogP contribution in [0, 0.1) is 47.3 Å². The van der Waals surface area contributed by atoms with Crippen molar-refractivity contribution in [1.29, 1.82) is 0 Å². The van der Waals surface area contributed by atoms with Crippen LogP contribution < -0.4 is 10.9 Å². The molecule has 0 unspecified atom stereocenters. The average Bonchev–Trinajstić information content (AvgIpc) is 3.79. The number of hydrogen-bond donors (Lipinski definition) is 0. The third-order valence-electron chi connectivity index (χ3n) is 13.2. The monoisotopic (exact) mass is 700 g/mol. The molecule has 8 fully saturated rings. The molecule has 0 aliphatic heterocycles. The molecule has 2 aromatic heterocycles. The molecule has 8 saturated carbocycles. The van der Waals surface area contributed by atoms with E-state index in [1.807, 2.05) is 54.9 Å². The molecule has 2 aromatic carbocycles. The van der Waals surface area contributed by atoms with E-state index in [9.17, 15) is 0 Å². The zero-order valence-electron chi connectivity index (χ0n) is 27.6. The van der Waals surface area contributed by atoms with E-state index in [4.69, 9.17) is 9.97 Å². The summed E-state index contributed by atoms with van der Waals surface area (Å²) in [5, 5.41) is 0. The van der Waals surface area contributed by atoms with Crippen molar-refractivity contribution in [1.82, 2.24) is 9.97 Å². The second-order valence-electron chi connectivity index (χ2n) is 16.0. The smallest absolute Gasteiger partial charge is 0.0685 e. The van der Waals surface area contributed by atoms with Crippen molar-refractivity contribution in [3.63, 3.8) is 0 Å². The molecule has 8 aliphatic carbocycles. The fourth-order valence-corrected chi connectivity index (χ4v) is 18.9. The van der Waals surface area contributed by atoms with E-state index in [1.165, 1.54) is 17.0 Å². The van der Waals surface area contributed by atoms with Crippen molar-refractivity contribution in [2.75, 3.05) is 0 Å². The molecule has 2 nitrogen and oxygen atoms in total. The van der Waals surface area contributed by atoms with Gasteiger partial charge in [-0.05, 0) is 167 Å². The van der Waals surface area contributed by atoms with Gasteiger partial charge in [-0.25, -0.2) is 12.1 Å². The minimum Gasteiger partial charge on any atom is -0.748 e. The molecule has 0 amide bonds. The standard InChI is InChI=1S/C37H45N2P2.C5H5.Fe/c1-3-10-38-34(8-1)40(35-9-2-4-11-39-35)22-28-6-5-7-29(28)23-41(36-30-14-24-12-25(16-30)17-31(36)15-24)37-32-18-26-13-27(20-32)21-33(37)19-26;1-2-4-5-3-1;/h1-11,24-27,30-33,36-37H,12-23H2;1-5H;/q-1;-5;. The summed E-state index contributed by atoms with van der Waals surface area (Å²) in [5.74, 6) is 8.58. The van der Waals surface area contributed by atoms with E-state index in [-0.39, 0.29) is 25.0 Å². The van der Waals surface area contributed by atoms with Crippen molar-refractivity contribution in [3.05, 3.63) is 108 Å². The van der Waals surface area contributed by atoms with Crippen LogP contribution in [0.25, 0.3) is 0 Å². The Bertz CT molecular complexity index is 1400. The Morgan fingerprint density at radius 1 is 0.574 bits per heavy atom. The fraction of sp³-hybridized carbons (Fsp3) is 0.524. The van der Waals surface area contributed by atoms with Gasteiger partial charge in [0, 0.05) is 29.5 Å². The summed E-state index contributed by atoms with van der Waals surface area (Å²) in [5.41, 5.74) is 7.88. The molecule has 8 bridgehead atoms. The SMILES string of the molecule is [Fe].[cH-]1[cH-][cH-][cH-][cH-]1.c1ccc(P(C[c-]2cccc2CP(C2C3CC4CC(C3)CC2C4)C2C3CC4CC(C3)CC2C4)c2ccccn2)nc1. The van der Waals surface area contributed by atoms with Crippen LogP contribution in [0.3, 0.4) is 0 Å². The summed E-state index contributed by atoms with van der Waals surface area (Å²) in [4.78, 5) is 9.73. The topological polar surface area (TPSA) is 25.8 Å². The average molecular weight is 701 g/mol. The molecule has 5 heteroatoms. The molecule has 0 N–H and O–H groups in total. The van der Waals surface area contributed by atoms with Gasteiger partial charge in [0.1, 0.15) is 0 Å². The second-order valence-corrected chi connectivity index (χ2v) is 20.6. The molecule has 0 radical (unpaired) electrons. The first-order valence-electron chi connectivity index (χ1n) is 18.5. The summed E-state index contributed by atoms with van der Waals surface area (Å²) in [6, 6.07) is 30.3. The Labute approximate surface area is 296 Å². The summed E-state index contributed by atoms with van der Waals surface area (Å²) in [6.07, 6.45) is 22.3. The Morgan fingerprint density at radius 3 is 1.43 bits per heavy atom. The maximum absolute atomic E-state index is 4.87. The number of nitrogens with zero attached hydrogens (tertiary/aromatic N) is 2. The molecular weight excluding hydrogens is 650 g/mol. The van der Waals surface area contributed by atoms with Gasteiger partial charge in [0.2, 0.25) is 0 Å². The normalized spacial score (nSPS) is 34.9. The van der Waals surface area contributed by atoms with Gasteiger partial charge in [-0.1, -0.05) is 20.1 Å². The van der Waals surface area contributed by atoms with Crippen molar-refractivity contribution in [2.24, 2.45) is 47.3 Å². The molecule has 252 valence electrons. The predicted octanol–water partition coefficient (Wildman–Crippen LogP) is 9.86. The maximum Gasteiger partial charge on any atom is 0.0685 e. The summed E-state index contributed by atoms with van der Waals surface area (Å²) < 4.78 is 0. The molecule has 47 heavy (non-hydrogen) atoms. The van der Waals surface area contributed by atoms with Crippen molar-refractivity contribution >= 4 is 26.7 Å². The van der Waals surface area contributed by atoms with Crippen LogP contribution in [0.1, 0.15) is 75.3 Å². The van der Waals surface area contributed by atoms with E-state index < -0.39 is 7.92 Å². The van der Waals surface area contributed by atoms with Gasteiger partial charge in [0.25, 0.3) is 0 Å². The van der Waals surface area contributed by atoms with Gasteiger partial charge in [0.05, 0.1) is 10.9 Å². The number of rotatable bonds is 8. The zero-order chi connectivity index (χ0) is 30.5. The van der Waals surface area contributed by atoms with E-state index in [0.29, 0.717) is 0 Å². The van der Waals surface area contributed by atoms with Crippen molar-refractivity contribution < 1.29 is 17.1 Å². The van der Waals surface area contributed by atoms with Crippen molar-refractivity contribution in [2.45, 2.75) is 87.9 Å². The van der Waals surface area contributed by atoms with Gasteiger partial charge < -0.3 is 30.3 Å². The molecular formula is C42H50FeN2P2-6. The second kappa shape index (κ2) is 14.3. The van der Waals surface area contributed by atoms with E-state index in [0.717, 1.165) is 64.8 Å². The van der Waals surface area contributed by atoms with Crippen LogP contribution in [0.15, 0.2) is 97.3 Å². The predicted molar refractivity (Wildman–Crippen MR) is 195 cm³/mol. The largest absolute Gasteiger partial charge is 0.748 e. The maximum atomic E-state index is 4.87. The van der Waals surface area contributed by atoms with Gasteiger partial charge in [-0.15, -0.1) is 5.56 Å². The van der Waals surface area contributed by atoms with Crippen molar-refractivity contribution in [3.8, 4) is 0 Å². The minimum atomic E-state index is -0.606. The number of hydrogen-bond acceptors (Lipinski definition) is 2. The van der Waals surface area contributed by atoms with Crippen LogP contribution in [-0.4, -0.2) is 21.3 Å². The van der Waals surface area contributed by atoms with Crippen LogP contribution in [0.2, 0.25) is 0 Å². The number of aromatic nitrogens is 2. The van der Waals surface area contributed by atoms with Crippen LogP contribution in [-0.2, 0) is 29.4 Å². The van der Waals surface area contributed by atoms with E-state index in [1.54, 1.807) is 75.3 Å². The Kier molecular flexibility index (Phi) is 9.92. The Balaban J connectivity index is 0.000000497. The summed E-state index contributed by atoms with van der Waals surface area (Å²) in [6.45, 7) is 0. The first-order valence-corrected chi connectivity index (χ1v) is 21.7. The first kappa shape index (κ1) is 32.6. The summed E-state index contributed by atoms with van der Waals surface area (Å²) in [7, 11) is -0.591. The third kappa shape index (κ3) is 6.66. The molecule has 12 rings (SSSR count). The quantitative estimate of drug-likeness (QED) is 0.104. The van der Waals surface area contributed by atoms with Gasteiger partial charge in [-0.3, -0.25) is 9.97 Å². The van der Waals surface area contributed by atoms with Crippen LogP contribution >= 0.6 is 15.8 Å². The third-order valence-corrected chi connectivity index (χ3v) is 19.4. The molecule has 0 spiro atoms. The van der Waals surface area contributed by atoms with Gasteiger partial charge in [-0.2, -0.15) is 11.6 Å². The molecule has 2 heterocycles. The molecule has 0 atom stereocenters. The molecule has 8 aliphatic rings. The minimum absolute atomic E-state index is 0. The first-order chi connectivity index (χ1) is 22.7. The Hall–Kier alpha value is -1.62. The molecule has 0 saturated heterocycles. The van der Waals surface area contributed by atoms with Crippen LogP contribution in [0.5, 0.6) is 0 Å². The summed E-state index contributed by atoms with van der Waals surface area (Å²) >= 11 is 0. The van der Waals surface area contributed by atoms with E-state index >= 15 is 0 Å². The molecule has 4 aromatic rings. The van der Waals surface area contributed by atoms with Crippen LogP contribution in [0.4, 0.5) is 0 Å². The number of pyridine rings is 2. The Morgan fingerprint density at radius 2 is 1.02 bits per heavy atom. The zero-order valence-corrected chi connectivity index (χ0v) is 30.5.